The summed E-state index contributed by atoms with van der Waals surface area (Å²) in [6.07, 6.45) is 1.61. The fraction of sp³-hybridized carbons (Fsp3) is 0.107. The van der Waals surface area contributed by atoms with Crippen molar-refractivity contribution in [2.75, 3.05) is 7.11 Å². The molecule has 36 heavy (non-hydrogen) atoms. The zero-order chi connectivity index (χ0) is 25.2. The normalized spacial score (nSPS) is 16.1. The van der Waals surface area contributed by atoms with Crippen LogP contribution in [0, 0.1) is 12.3 Å². The number of hydrogen-bond donors (Lipinski definition) is 1. The summed E-state index contributed by atoms with van der Waals surface area (Å²) in [5.41, 5.74) is 4.67. The fourth-order valence-corrected chi connectivity index (χ4v) is 5.13. The van der Waals surface area contributed by atoms with Crippen LogP contribution in [0.4, 0.5) is 0 Å². The van der Waals surface area contributed by atoms with Gasteiger partial charge in [-0.15, -0.1) is 0 Å². The number of thioether (sulfide) groups is 1. The maximum atomic E-state index is 12.8. The van der Waals surface area contributed by atoms with Crippen LogP contribution in [0.5, 0.6) is 11.5 Å². The molecule has 0 saturated carbocycles. The summed E-state index contributed by atoms with van der Waals surface area (Å²) in [5, 5.41) is 11.5. The van der Waals surface area contributed by atoms with Crippen LogP contribution in [-0.2, 0) is 11.4 Å². The van der Waals surface area contributed by atoms with Crippen LogP contribution in [-0.4, -0.2) is 28.9 Å². The van der Waals surface area contributed by atoms with Crippen molar-refractivity contribution in [2.24, 2.45) is 4.99 Å². The number of nitrogens with zero attached hydrogens (tertiary/aromatic N) is 2. The number of methoxy groups -OCH3 is 1. The van der Waals surface area contributed by atoms with Crippen LogP contribution in [0.25, 0.3) is 11.8 Å². The van der Waals surface area contributed by atoms with Gasteiger partial charge in [0.25, 0.3) is 5.91 Å². The summed E-state index contributed by atoms with van der Waals surface area (Å²) < 4.78 is 11.6. The Morgan fingerprint density at radius 2 is 1.86 bits per heavy atom. The number of benzene rings is 3. The van der Waals surface area contributed by atoms with E-state index in [1.807, 2.05) is 66.9 Å². The SMILES string of the molecule is COc1cc(C=C2C(=N)N3C(c4ccccc4)=CSC3=NC2=O)cc(Cl)c1OCc1ccccc1C. The Hall–Kier alpha value is -3.81. The quantitative estimate of drug-likeness (QED) is 0.377. The lowest BCUT2D eigenvalue weighted by Crippen LogP contribution is -2.38. The molecule has 0 spiro atoms. The molecule has 0 saturated heterocycles. The molecule has 0 unspecified atom stereocenters. The minimum Gasteiger partial charge on any atom is -0.493 e. The molecule has 0 radical (unpaired) electrons. The van der Waals surface area contributed by atoms with E-state index in [1.165, 1.54) is 18.9 Å². The maximum Gasteiger partial charge on any atom is 0.283 e. The number of rotatable bonds is 6. The van der Waals surface area contributed by atoms with Gasteiger partial charge >= 0.3 is 0 Å². The van der Waals surface area contributed by atoms with E-state index in [-0.39, 0.29) is 11.4 Å². The second-order valence-electron chi connectivity index (χ2n) is 8.18. The number of hydrogen-bond acceptors (Lipinski definition) is 5. The van der Waals surface area contributed by atoms with Gasteiger partial charge in [0.05, 0.1) is 23.4 Å². The number of amides is 1. The van der Waals surface area contributed by atoms with E-state index < -0.39 is 5.91 Å². The zero-order valence-electron chi connectivity index (χ0n) is 19.6. The standard InChI is InChI=1S/C28H22ClN3O3S/c1-17-8-6-7-11-20(17)15-35-25-22(29)13-18(14-24(25)34-2)12-21-26(30)32-23(19-9-4-3-5-10-19)16-36-28(32)31-27(21)33/h3-14,16,30H,15H2,1-2H3. The van der Waals surface area contributed by atoms with Gasteiger partial charge in [-0.3, -0.25) is 15.1 Å². The van der Waals surface area contributed by atoms with Crippen molar-refractivity contribution in [3.63, 3.8) is 0 Å². The molecule has 0 bridgehead atoms. The van der Waals surface area contributed by atoms with Gasteiger partial charge in [0.2, 0.25) is 0 Å². The number of amidine groups is 2. The molecule has 8 heteroatoms. The highest BCUT2D eigenvalue weighted by molar-refractivity contribution is 8.17. The molecule has 0 fully saturated rings. The molecule has 0 aromatic heterocycles. The highest BCUT2D eigenvalue weighted by atomic mass is 35.5. The van der Waals surface area contributed by atoms with Gasteiger partial charge in [0.15, 0.2) is 16.7 Å². The Balaban J connectivity index is 1.45. The van der Waals surface area contributed by atoms with Gasteiger partial charge in [0, 0.05) is 5.41 Å². The van der Waals surface area contributed by atoms with Crippen molar-refractivity contribution >= 4 is 52.0 Å². The minimum absolute atomic E-state index is 0.0556. The van der Waals surface area contributed by atoms with Crippen LogP contribution in [0.15, 0.2) is 82.7 Å². The number of carbonyl (C=O) groups is 1. The Bertz CT molecular complexity index is 1460. The smallest absolute Gasteiger partial charge is 0.283 e. The average molecular weight is 516 g/mol. The predicted molar refractivity (Wildman–Crippen MR) is 146 cm³/mol. The molecular weight excluding hydrogens is 494 g/mol. The van der Waals surface area contributed by atoms with Crippen LogP contribution in [0.3, 0.4) is 0 Å². The topological polar surface area (TPSA) is 75.0 Å². The third-order valence-corrected chi connectivity index (χ3v) is 6.99. The van der Waals surface area contributed by atoms with Gasteiger partial charge in [0.1, 0.15) is 12.4 Å². The third kappa shape index (κ3) is 4.55. The second-order valence-corrected chi connectivity index (χ2v) is 9.42. The number of halogens is 1. The molecule has 1 amide bonds. The summed E-state index contributed by atoms with van der Waals surface area (Å²) in [6.45, 7) is 2.36. The Labute approximate surface area is 218 Å². The largest absolute Gasteiger partial charge is 0.493 e. The number of fused-ring (bicyclic) bond motifs is 1. The average Bonchev–Trinajstić information content (AvgIpc) is 3.31. The number of ether oxygens (including phenoxy) is 2. The van der Waals surface area contributed by atoms with Crippen molar-refractivity contribution in [1.29, 1.82) is 5.41 Å². The molecule has 0 aliphatic carbocycles. The van der Waals surface area contributed by atoms with Crippen molar-refractivity contribution in [1.82, 2.24) is 4.90 Å². The summed E-state index contributed by atoms with van der Waals surface area (Å²) in [4.78, 5) is 18.7. The second kappa shape index (κ2) is 10.0. The number of aryl methyl sites for hydroxylation is 1. The van der Waals surface area contributed by atoms with Crippen molar-refractivity contribution < 1.29 is 14.3 Å². The highest BCUT2D eigenvalue weighted by Gasteiger charge is 2.36. The molecule has 2 aliphatic heterocycles. The first-order valence-corrected chi connectivity index (χ1v) is 12.4. The van der Waals surface area contributed by atoms with Gasteiger partial charge in [-0.05, 0) is 47.4 Å². The molecule has 2 heterocycles. The predicted octanol–water partition coefficient (Wildman–Crippen LogP) is 6.54. The van der Waals surface area contributed by atoms with Crippen LogP contribution >= 0.6 is 23.4 Å². The monoisotopic (exact) mass is 515 g/mol. The lowest BCUT2D eigenvalue weighted by Gasteiger charge is -2.27. The lowest BCUT2D eigenvalue weighted by atomic mass is 10.1. The molecule has 2 aliphatic rings. The number of aliphatic imine (C=N–C) groups is 1. The summed E-state index contributed by atoms with van der Waals surface area (Å²) >= 11 is 7.91. The summed E-state index contributed by atoms with van der Waals surface area (Å²) in [7, 11) is 1.53. The summed E-state index contributed by atoms with van der Waals surface area (Å²) in [6, 6.07) is 21.1. The Kier molecular flexibility index (Phi) is 6.67. The minimum atomic E-state index is -0.476. The van der Waals surface area contributed by atoms with E-state index in [4.69, 9.17) is 26.5 Å². The van der Waals surface area contributed by atoms with Crippen molar-refractivity contribution in [2.45, 2.75) is 13.5 Å². The first-order chi connectivity index (χ1) is 17.5. The molecule has 0 atom stereocenters. The first-order valence-electron chi connectivity index (χ1n) is 11.2. The Morgan fingerprint density at radius 1 is 1.11 bits per heavy atom. The van der Waals surface area contributed by atoms with Gasteiger partial charge < -0.3 is 9.47 Å². The zero-order valence-corrected chi connectivity index (χ0v) is 21.2. The fourth-order valence-electron chi connectivity index (χ4n) is 3.97. The first kappa shape index (κ1) is 23.9. The van der Waals surface area contributed by atoms with Crippen molar-refractivity contribution in [3.05, 3.63) is 105 Å². The molecule has 3 aromatic carbocycles. The summed E-state index contributed by atoms with van der Waals surface area (Å²) in [5.74, 6) is 0.431. The van der Waals surface area contributed by atoms with E-state index in [9.17, 15) is 4.79 Å². The van der Waals surface area contributed by atoms with E-state index in [2.05, 4.69) is 4.99 Å². The Morgan fingerprint density at radius 3 is 2.61 bits per heavy atom. The van der Waals surface area contributed by atoms with Crippen LogP contribution in [0.1, 0.15) is 22.3 Å². The number of carbonyl (C=O) groups excluding carboxylic acids is 1. The lowest BCUT2D eigenvalue weighted by molar-refractivity contribution is -0.114. The van der Waals surface area contributed by atoms with E-state index >= 15 is 0 Å². The molecule has 5 rings (SSSR count). The van der Waals surface area contributed by atoms with E-state index in [1.54, 1.807) is 23.1 Å². The maximum absolute atomic E-state index is 12.8. The van der Waals surface area contributed by atoms with Gasteiger partial charge in [-0.2, -0.15) is 4.99 Å². The molecule has 3 aromatic rings. The highest BCUT2D eigenvalue weighted by Crippen LogP contribution is 2.40. The van der Waals surface area contributed by atoms with Crippen LogP contribution < -0.4 is 9.47 Å². The molecule has 180 valence electrons. The molecular formula is C28H22ClN3O3S. The van der Waals surface area contributed by atoms with Gasteiger partial charge in [-0.1, -0.05) is 78.0 Å². The van der Waals surface area contributed by atoms with Crippen LogP contribution in [0.2, 0.25) is 5.02 Å². The number of nitrogens with one attached hydrogen (secondary N) is 1. The van der Waals surface area contributed by atoms with E-state index in [0.717, 1.165) is 22.4 Å². The van der Waals surface area contributed by atoms with E-state index in [0.29, 0.717) is 33.9 Å². The molecule has 6 nitrogen and oxygen atoms in total. The molecule has 1 N–H and O–H groups in total. The third-order valence-electron chi connectivity index (χ3n) is 5.88. The van der Waals surface area contributed by atoms with Gasteiger partial charge in [-0.25, -0.2) is 0 Å². The van der Waals surface area contributed by atoms with Crippen molar-refractivity contribution in [3.8, 4) is 11.5 Å².